The van der Waals surface area contributed by atoms with E-state index in [2.05, 4.69) is 109 Å². The molecule has 0 atom stereocenters. The van der Waals surface area contributed by atoms with Crippen LogP contribution in [-0.4, -0.2) is 10.2 Å². The Bertz CT molecular complexity index is 1570. The molecule has 0 spiro atoms. The van der Waals surface area contributed by atoms with Crippen molar-refractivity contribution in [3.8, 4) is 22.6 Å². The normalized spacial score (nSPS) is 11.2. The molecule has 0 aliphatic heterocycles. The van der Waals surface area contributed by atoms with E-state index in [1.807, 2.05) is 24.3 Å². The average Bonchev–Trinajstić information content (AvgIpc) is 3.01. The minimum atomic E-state index is -0.0184. The van der Waals surface area contributed by atoms with Gasteiger partial charge in [0.05, 0.1) is 0 Å². The van der Waals surface area contributed by atoms with Crippen LogP contribution in [-0.2, 0) is 0 Å². The predicted molar refractivity (Wildman–Crippen MR) is 163 cm³/mol. The second kappa shape index (κ2) is 11.3. The van der Waals surface area contributed by atoms with Crippen molar-refractivity contribution in [1.82, 2.24) is 0 Å². The summed E-state index contributed by atoms with van der Waals surface area (Å²) in [6, 6.07) is 53.6. The molecule has 0 aliphatic rings. The average molecular weight is 519 g/mol. The van der Waals surface area contributed by atoms with E-state index in [-0.39, 0.29) is 23.3 Å². The lowest BCUT2D eigenvalue weighted by Crippen LogP contribution is -2.03. The maximum atomic E-state index is 9.83. The molecule has 0 aliphatic carbocycles. The highest BCUT2D eigenvalue weighted by Gasteiger charge is 2.18. The summed E-state index contributed by atoms with van der Waals surface area (Å²) in [4.78, 5) is 0. The molecule has 2 heteroatoms. The van der Waals surface area contributed by atoms with Gasteiger partial charge in [-0.05, 0) is 68.8 Å². The summed E-state index contributed by atoms with van der Waals surface area (Å²) < 4.78 is 0. The van der Waals surface area contributed by atoms with Crippen LogP contribution in [0.15, 0.2) is 158 Å². The molecule has 6 aromatic carbocycles. The van der Waals surface area contributed by atoms with Crippen LogP contribution in [0, 0.1) is 0 Å². The van der Waals surface area contributed by atoms with Crippen molar-refractivity contribution in [1.29, 1.82) is 0 Å². The molecule has 0 heterocycles. The molecule has 0 saturated heterocycles. The first-order chi connectivity index (χ1) is 19.7. The molecule has 0 aromatic heterocycles. The van der Waals surface area contributed by atoms with Crippen LogP contribution in [0.4, 0.5) is 0 Å². The SMILES string of the molecule is Oc1ccc(C(c2ccc(O)cc2)c2ccc(-c3ccc(C(c4ccccc4)c4ccccc4)cc3)cc2)cc1. The quantitative estimate of drug-likeness (QED) is 0.207. The molecule has 0 amide bonds. The van der Waals surface area contributed by atoms with E-state index in [1.165, 1.54) is 22.3 Å². The summed E-state index contributed by atoms with van der Waals surface area (Å²) in [7, 11) is 0. The van der Waals surface area contributed by atoms with Gasteiger partial charge in [0.25, 0.3) is 0 Å². The van der Waals surface area contributed by atoms with Crippen LogP contribution in [0.5, 0.6) is 11.5 Å². The lowest BCUT2D eigenvalue weighted by molar-refractivity contribution is 0.475. The van der Waals surface area contributed by atoms with Gasteiger partial charge in [0.2, 0.25) is 0 Å². The third-order valence-corrected chi connectivity index (χ3v) is 7.54. The lowest BCUT2D eigenvalue weighted by Gasteiger charge is -2.20. The number of aromatic hydroxyl groups is 2. The van der Waals surface area contributed by atoms with Gasteiger partial charge in [0, 0.05) is 11.8 Å². The molecule has 194 valence electrons. The molecular weight excluding hydrogens is 488 g/mol. The number of hydrogen-bond acceptors (Lipinski definition) is 2. The molecule has 6 aromatic rings. The summed E-state index contributed by atoms with van der Waals surface area (Å²) >= 11 is 0. The number of hydrogen-bond donors (Lipinski definition) is 2. The van der Waals surface area contributed by atoms with Crippen LogP contribution < -0.4 is 0 Å². The predicted octanol–water partition coefficient (Wildman–Crippen LogP) is 9.13. The topological polar surface area (TPSA) is 40.5 Å². The first-order valence-electron chi connectivity index (χ1n) is 13.5. The molecule has 40 heavy (non-hydrogen) atoms. The fraction of sp³-hybridized carbons (Fsp3) is 0.0526. The summed E-state index contributed by atoms with van der Waals surface area (Å²) in [5.41, 5.74) is 9.44. The monoisotopic (exact) mass is 518 g/mol. The van der Waals surface area contributed by atoms with Crippen molar-refractivity contribution in [2.45, 2.75) is 11.8 Å². The standard InChI is InChI=1S/C38H30O2/c39-35-23-19-33(20-24-35)38(34-21-25-36(40)26-22-34)32-17-13-28(14-18-32)27-11-15-31(16-12-27)37(29-7-3-1-4-8-29)30-9-5-2-6-10-30/h1-26,37-40H. The van der Waals surface area contributed by atoms with Gasteiger partial charge in [-0.1, -0.05) is 133 Å². The number of phenolic OH excluding ortho intramolecular Hbond substituents is 2. The van der Waals surface area contributed by atoms with E-state index in [9.17, 15) is 10.2 Å². The maximum absolute atomic E-state index is 9.83. The minimum Gasteiger partial charge on any atom is -0.508 e. The van der Waals surface area contributed by atoms with Crippen molar-refractivity contribution in [3.63, 3.8) is 0 Å². The van der Waals surface area contributed by atoms with Gasteiger partial charge in [-0.25, -0.2) is 0 Å². The first-order valence-corrected chi connectivity index (χ1v) is 13.5. The molecule has 0 bridgehead atoms. The van der Waals surface area contributed by atoms with Crippen LogP contribution in [0.2, 0.25) is 0 Å². The Morgan fingerprint density at radius 3 is 0.825 bits per heavy atom. The van der Waals surface area contributed by atoms with Gasteiger partial charge in [-0.2, -0.15) is 0 Å². The van der Waals surface area contributed by atoms with E-state index < -0.39 is 0 Å². The van der Waals surface area contributed by atoms with Crippen LogP contribution in [0.25, 0.3) is 11.1 Å². The Kier molecular flexibility index (Phi) is 7.15. The highest BCUT2D eigenvalue weighted by molar-refractivity contribution is 5.65. The smallest absolute Gasteiger partial charge is 0.115 e. The zero-order valence-corrected chi connectivity index (χ0v) is 22.1. The summed E-state index contributed by atoms with van der Waals surface area (Å²) in [5.74, 6) is 0.646. The molecule has 0 radical (unpaired) electrons. The molecule has 0 saturated carbocycles. The summed E-state index contributed by atoms with van der Waals surface area (Å²) in [5, 5.41) is 19.7. The zero-order chi connectivity index (χ0) is 27.3. The van der Waals surface area contributed by atoms with Gasteiger partial charge in [-0.15, -0.1) is 0 Å². The maximum Gasteiger partial charge on any atom is 0.115 e. The van der Waals surface area contributed by atoms with E-state index in [0.29, 0.717) is 0 Å². The van der Waals surface area contributed by atoms with E-state index in [4.69, 9.17) is 0 Å². The Labute approximate surface area is 235 Å². The minimum absolute atomic E-state index is 0.0184. The molecule has 2 N–H and O–H groups in total. The highest BCUT2D eigenvalue weighted by atomic mass is 16.3. The Balaban J connectivity index is 1.31. The second-order valence-electron chi connectivity index (χ2n) is 10.1. The van der Waals surface area contributed by atoms with E-state index in [0.717, 1.165) is 22.3 Å². The highest BCUT2D eigenvalue weighted by Crippen LogP contribution is 2.36. The van der Waals surface area contributed by atoms with Gasteiger partial charge >= 0.3 is 0 Å². The van der Waals surface area contributed by atoms with Crippen LogP contribution in [0.3, 0.4) is 0 Å². The van der Waals surface area contributed by atoms with E-state index in [1.54, 1.807) is 24.3 Å². The number of benzene rings is 6. The largest absolute Gasteiger partial charge is 0.508 e. The van der Waals surface area contributed by atoms with Gasteiger partial charge < -0.3 is 10.2 Å². The zero-order valence-electron chi connectivity index (χ0n) is 22.1. The number of rotatable bonds is 7. The van der Waals surface area contributed by atoms with E-state index >= 15 is 0 Å². The van der Waals surface area contributed by atoms with Crippen molar-refractivity contribution in [2.24, 2.45) is 0 Å². The van der Waals surface area contributed by atoms with Gasteiger partial charge in [-0.3, -0.25) is 0 Å². The first kappa shape index (κ1) is 25.2. The van der Waals surface area contributed by atoms with Gasteiger partial charge in [0.15, 0.2) is 0 Å². The van der Waals surface area contributed by atoms with Gasteiger partial charge in [0.1, 0.15) is 11.5 Å². The van der Waals surface area contributed by atoms with Crippen molar-refractivity contribution >= 4 is 0 Å². The van der Waals surface area contributed by atoms with Crippen LogP contribution >= 0.6 is 0 Å². The van der Waals surface area contributed by atoms with Crippen molar-refractivity contribution in [3.05, 3.63) is 191 Å². The van der Waals surface area contributed by atoms with Crippen molar-refractivity contribution in [2.75, 3.05) is 0 Å². The number of phenols is 2. The van der Waals surface area contributed by atoms with Crippen molar-refractivity contribution < 1.29 is 10.2 Å². The molecule has 0 fully saturated rings. The fourth-order valence-corrected chi connectivity index (χ4v) is 5.52. The molecule has 0 unspecified atom stereocenters. The summed E-state index contributed by atoms with van der Waals surface area (Å²) in [6.07, 6.45) is 0. The van der Waals surface area contributed by atoms with Crippen LogP contribution in [0.1, 0.15) is 45.2 Å². The Morgan fingerprint density at radius 1 is 0.275 bits per heavy atom. The Morgan fingerprint density at radius 2 is 0.525 bits per heavy atom. The molecule has 6 rings (SSSR count). The third kappa shape index (κ3) is 5.39. The Hall–Kier alpha value is -5.08. The molecule has 2 nitrogen and oxygen atoms in total. The third-order valence-electron chi connectivity index (χ3n) is 7.54. The second-order valence-corrected chi connectivity index (χ2v) is 10.1. The summed E-state index contributed by atoms with van der Waals surface area (Å²) in [6.45, 7) is 0. The fourth-order valence-electron chi connectivity index (χ4n) is 5.52. The lowest BCUT2D eigenvalue weighted by atomic mass is 9.83. The molecular formula is C38H30O2.